The maximum Gasteiger partial charge on any atom is 0.245 e. The summed E-state index contributed by atoms with van der Waals surface area (Å²) in [5.41, 5.74) is 4.12. The molecule has 0 saturated heterocycles. The molecule has 0 radical (unpaired) electrons. The standard InChI is InChI=1S/C16H18N2O3S/c1-11(12-6-7-14(20-2)15(9-12)21-3)17-18-16(19)10-13-5-4-8-22-13/h4-9H,10H2,1-3H3,(H,18,19)/b17-11+. The molecule has 0 bridgehead atoms. The Bertz CT molecular complexity index is 666. The third kappa shape index (κ3) is 4.08. The fourth-order valence-corrected chi connectivity index (χ4v) is 2.59. The van der Waals surface area contributed by atoms with E-state index in [1.807, 2.05) is 36.6 Å². The summed E-state index contributed by atoms with van der Waals surface area (Å²) in [4.78, 5) is 12.8. The van der Waals surface area contributed by atoms with Gasteiger partial charge in [-0.15, -0.1) is 11.3 Å². The Morgan fingerprint density at radius 2 is 2.00 bits per heavy atom. The van der Waals surface area contributed by atoms with Gasteiger partial charge in [0.05, 0.1) is 26.4 Å². The molecular formula is C16H18N2O3S. The molecule has 2 aromatic rings. The van der Waals surface area contributed by atoms with E-state index in [4.69, 9.17) is 9.47 Å². The van der Waals surface area contributed by atoms with Crippen LogP contribution in [0.1, 0.15) is 17.4 Å². The number of carbonyl (C=O) groups is 1. The van der Waals surface area contributed by atoms with Crippen LogP contribution >= 0.6 is 11.3 Å². The van der Waals surface area contributed by atoms with Crippen LogP contribution < -0.4 is 14.9 Å². The molecule has 1 N–H and O–H groups in total. The maximum atomic E-state index is 11.8. The van der Waals surface area contributed by atoms with Crippen LogP contribution in [0.4, 0.5) is 0 Å². The highest BCUT2D eigenvalue weighted by Crippen LogP contribution is 2.27. The molecule has 22 heavy (non-hydrogen) atoms. The zero-order chi connectivity index (χ0) is 15.9. The van der Waals surface area contributed by atoms with Gasteiger partial charge in [0.1, 0.15) is 0 Å². The number of hydrazone groups is 1. The van der Waals surface area contributed by atoms with Gasteiger partial charge in [-0.3, -0.25) is 4.79 Å². The highest BCUT2D eigenvalue weighted by Gasteiger charge is 2.07. The molecule has 0 saturated carbocycles. The second kappa shape index (κ2) is 7.61. The highest BCUT2D eigenvalue weighted by molar-refractivity contribution is 7.10. The Kier molecular flexibility index (Phi) is 5.55. The summed E-state index contributed by atoms with van der Waals surface area (Å²) in [6, 6.07) is 9.34. The summed E-state index contributed by atoms with van der Waals surface area (Å²) >= 11 is 1.55. The van der Waals surface area contributed by atoms with E-state index in [2.05, 4.69) is 10.5 Å². The number of hydrogen-bond donors (Lipinski definition) is 1. The summed E-state index contributed by atoms with van der Waals surface area (Å²) < 4.78 is 10.5. The molecule has 6 heteroatoms. The van der Waals surface area contributed by atoms with Crippen LogP contribution in [-0.2, 0) is 11.2 Å². The third-order valence-electron chi connectivity index (χ3n) is 3.06. The number of carbonyl (C=O) groups excluding carboxylic acids is 1. The Hall–Kier alpha value is -2.34. The van der Waals surface area contributed by atoms with E-state index in [1.165, 1.54) is 0 Å². The van der Waals surface area contributed by atoms with E-state index < -0.39 is 0 Å². The normalized spacial score (nSPS) is 11.1. The minimum atomic E-state index is -0.137. The Morgan fingerprint density at radius 3 is 2.64 bits per heavy atom. The lowest BCUT2D eigenvalue weighted by Gasteiger charge is -2.09. The van der Waals surface area contributed by atoms with Gasteiger partial charge in [0.25, 0.3) is 0 Å². The molecule has 0 unspecified atom stereocenters. The first-order valence-electron chi connectivity index (χ1n) is 6.72. The van der Waals surface area contributed by atoms with Crippen molar-refractivity contribution in [2.45, 2.75) is 13.3 Å². The fourth-order valence-electron chi connectivity index (χ4n) is 1.88. The SMILES string of the molecule is COc1ccc(/C(C)=N/NC(=O)Cc2cccs2)cc1OC. The topological polar surface area (TPSA) is 59.9 Å². The molecule has 0 aliphatic heterocycles. The van der Waals surface area contributed by atoms with Gasteiger partial charge in [-0.1, -0.05) is 6.07 Å². The van der Waals surface area contributed by atoms with Crippen LogP contribution in [0, 0.1) is 0 Å². The molecule has 1 amide bonds. The van der Waals surface area contributed by atoms with Crippen LogP contribution in [0.15, 0.2) is 40.8 Å². The zero-order valence-electron chi connectivity index (χ0n) is 12.8. The van der Waals surface area contributed by atoms with Gasteiger partial charge in [-0.2, -0.15) is 5.10 Å². The molecule has 0 fully saturated rings. The van der Waals surface area contributed by atoms with Gasteiger partial charge in [0, 0.05) is 10.4 Å². The van der Waals surface area contributed by atoms with Gasteiger partial charge in [0.2, 0.25) is 5.91 Å². The van der Waals surface area contributed by atoms with Gasteiger partial charge < -0.3 is 9.47 Å². The second-order valence-electron chi connectivity index (χ2n) is 4.56. The summed E-state index contributed by atoms with van der Waals surface area (Å²) in [6.45, 7) is 1.83. The number of hydrogen-bond acceptors (Lipinski definition) is 5. The van der Waals surface area contributed by atoms with Crippen molar-refractivity contribution in [3.05, 3.63) is 46.2 Å². The van der Waals surface area contributed by atoms with Crippen molar-refractivity contribution in [1.29, 1.82) is 0 Å². The van der Waals surface area contributed by atoms with Crippen molar-refractivity contribution < 1.29 is 14.3 Å². The lowest BCUT2D eigenvalue weighted by Crippen LogP contribution is -2.20. The smallest absolute Gasteiger partial charge is 0.245 e. The number of thiophene rings is 1. The molecule has 0 atom stereocenters. The number of amides is 1. The third-order valence-corrected chi connectivity index (χ3v) is 3.94. The maximum absolute atomic E-state index is 11.8. The van der Waals surface area contributed by atoms with Gasteiger partial charge in [-0.05, 0) is 36.6 Å². The Labute approximate surface area is 133 Å². The molecule has 0 aliphatic carbocycles. The predicted molar refractivity (Wildman–Crippen MR) is 87.9 cm³/mol. The van der Waals surface area contributed by atoms with Crippen molar-refractivity contribution in [3.8, 4) is 11.5 Å². The monoisotopic (exact) mass is 318 g/mol. The average molecular weight is 318 g/mol. The molecular weight excluding hydrogens is 300 g/mol. The Balaban J connectivity index is 2.04. The van der Waals surface area contributed by atoms with E-state index in [9.17, 15) is 4.79 Å². The van der Waals surface area contributed by atoms with Crippen LogP contribution in [-0.4, -0.2) is 25.8 Å². The summed E-state index contributed by atoms with van der Waals surface area (Å²) in [5.74, 6) is 1.14. The molecule has 116 valence electrons. The van der Waals surface area contributed by atoms with Crippen LogP contribution in [0.2, 0.25) is 0 Å². The summed E-state index contributed by atoms with van der Waals surface area (Å²) in [5, 5.41) is 6.08. The van der Waals surface area contributed by atoms with Crippen molar-refractivity contribution in [2.24, 2.45) is 5.10 Å². The second-order valence-corrected chi connectivity index (χ2v) is 5.59. The quantitative estimate of drug-likeness (QED) is 0.658. The first-order valence-corrected chi connectivity index (χ1v) is 7.60. The highest BCUT2D eigenvalue weighted by atomic mass is 32.1. The minimum Gasteiger partial charge on any atom is -0.493 e. The number of nitrogens with one attached hydrogen (secondary N) is 1. The molecule has 1 aromatic heterocycles. The largest absolute Gasteiger partial charge is 0.493 e. The van der Waals surface area contributed by atoms with E-state index in [0.717, 1.165) is 10.4 Å². The minimum absolute atomic E-state index is 0.137. The number of methoxy groups -OCH3 is 2. The van der Waals surface area contributed by atoms with Gasteiger partial charge in [0.15, 0.2) is 11.5 Å². The fraction of sp³-hybridized carbons (Fsp3) is 0.250. The lowest BCUT2D eigenvalue weighted by atomic mass is 10.1. The first kappa shape index (κ1) is 16.0. The van der Waals surface area contributed by atoms with Gasteiger partial charge >= 0.3 is 0 Å². The van der Waals surface area contributed by atoms with Gasteiger partial charge in [-0.25, -0.2) is 5.43 Å². The number of nitrogens with zero attached hydrogens (tertiary/aromatic N) is 1. The lowest BCUT2D eigenvalue weighted by molar-refractivity contribution is -0.120. The van der Waals surface area contributed by atoms with E-state index >= 15 is 0 Å². The molecule has 2 rings (SSSR count). The number of rotatable bonds is 6. The molecule has 5 nitrogen and oxygen atoms in total. The molecule has 0 spiro atoms. The molecule has 1 heterocycles. The van der Waals surface area contributed by atoms with E-state index in [0.29, 0.717) is 23.6 Å². The predicted octanol–water partition coefficient (Wildman–Crippen LogP) is 2.85. The summed E-state index contributed by atoms with van der Waals surface area (Å²) in [6.07, 6.45) is 0.334. The number of ether oxygens (including phenoxy) is 2. The van der Waals surface area contributed by atoms with Crippen LogP contribution in [0.5, 0.6) is 11.5 Å². The van der Waals surface area contributed by atoms with Crippen LogP contribution in [0.25, 0.3) is 0 Å². The first-order chi connectivity index (χ1) is 10.6. The Morgan fingerprint density at radius 1 is 1.23 bits per heavy atom. The number of benzene rings is 1. The summed E-state index contributed by atoms with van der Waals surface area (Å²) in [7, 11) is 3.17. The van der Waals surface area contributed by atoms with Crippen molar-refractivity contribution >= 4 is 23.0 Å². The van der Waals surface area contributed by atoms with Crippen molar-refractivity contribution in [3.63, 3.8) is 0 Å². The molecule has 0 aliphatic rings. The van der Waals surface area contributed by atoms with E-state index in [1.54, 1.807) is 31.6 Å². The van der Waals surface area contributed by atoms with Crippen molar-refractivity contribution in [2.75, 3.05) is 14.2 Å². The molecule has 1 aromatic carbocycles. The zero-order valence-corrected chi connectivity index (χ0v) is 13.6. The van der Waals surface area contributed by atoms with Crippen molar-refractivity contribution in [1.82, 2.24) is 5.43 Å². The van der Waals surface area contributed by atoms with E-state index in [-0.39, 0.29) is 5.91 Å². The van der Waals surface area contributed by atoms with Crippen LogP contribution in [0.3, 0.4) is 0 Å². The average Bonchev–Trinajstić information content (AvgIpc) is 3.04.